The van der Waals surface area contributed by atoms with Gasteiger partial charge in [0.05, 0.1) is 11.8 Å². The van der Waals surface area contributed by atoms with Gasteiger partial charge >= 0.3 is 5.97 Å². The maximum atomic E-state index is 11.5. The lowest BCUT2D eigenvalue weighted by Gasteiger charge is -2.10. The average molecular weight is 259 g/mol. The molecule has 0 aliphatic rings. The van der Waals surface area contributed by atoms with Gasteiger partial charge in [-0.1, -0.05) is 24.3 Å². The number of hydrogen-bond donors (Lipinski definition) is 1. The van der Waals surface area contributed by atoms with E-state index in [0.29, 0.717) is 0 Å². The summed E-state index contributed by atoms with van der Waals surface area (Å²) < 4.78 is 0.940. The third-order valence-electron chi connectivity index (χ3n) is 2.75. The standard InChI is InChI=1S/C14H13NO4/c1-10-4-2-3-5-12(10)9-19-15-8-11(14(17)18)6-7-13(15)16/h2-8H,9H2,1H3,(H,17,18). The van der Waals surface area contributed by atoms with Crippen molar-refractivity contribution in [1.82, 2.24) is 4.73 Å². The van der Waals surface area contributed by atoms with Crippen LogP contribution in [0.5, 0.6) is 0 Å². The van der Waals surface area contributed by atoms with E-state index in [0.717, 1.165) is 15.9 Å². The fourth-order valence-corrected chi connectivity index (χ4v) is 1.61. The van der Waals surface area contributed by atoms with Crippen molar-refractivity contribution in [2.45, 2.75) is 13.5 Å². The lowest BCUT2D eigenvalue weighted by Crippen LogP contribution is -2.26. The first-order valence-corrected chi connectivity index (χ1v) is 5.72. The zero-order valence-corrected chi connectivity index (χ0v) is 10.4. The molecule has 0 saturated carbocycles. The Bertz CT molecular complexity index is 660. The van der Waals surface area contributed by atoms with Crippen molar-refractivity contribution in [3.05, 3.63) is 69.6 Å². The van der Waals surface area contributed by atoms with E-state index in [4.69, 9.17) is 9.94 Å². The van der Waals surface area contributed by atoms with Crippen molar-refractivity contribution >= 4 is 5.97 Å². The summed E-state index contributed by atoms with van der Waals surface area (Å²) in [5.41, 5.74) is 1.59. The Balaban J connectivity index is 2.20. The number of carboxylic acids is 1. The van der Waals surface area contributed by atoms with Crippen LogP contribution in [0.2, 0.25) is 0 Å². The van der Waals surface area contributed by atoms with Gasteiger partial charge in [0.1, 0.15) is 6.61 Å². The summed E-state index contributed by atoms with van der Waals surface area (Å²) in [5, 5.41) is 8.86. The first kappa shape index (κ1) is 12.9. The van der Waals surface area contributed by atoms with Crippen LogP contribution in [0.3, 0.4) is 0 Å². The molecule has 0 radical (unpaired) electrons. The third kappa shape index (κ3) is 3.01. The van der Waals surface area contributed by atoms with Gasteiger partial charge in [0.25, 0.3) is 5.56 Å². The number of aromatic nitrogens is 1. The molecule has 0 spiro atoms. The number of hydrogen-bond acceptors (Lipinski definition) is 3. The highest BCUT2D eigenvalue weighted by molar-refractivity contribution is 5.87. The van der Waals surface area contributed by atoms with Gasteiger partial charge in [-0.2, -0.15) is 4.73 Å². The molecule has 0 aliphatic heterocycles. The predicted molar refractivity (Wildman–Crippen MR) is 69.1 cm³/mol. The number of nitrogens with zero attached hydrogens (tertiary/aromatic N) is 1. The van der Waals surface area contributed by atoms with Gasteiger partial charge in [0.2, 0.25) is 0 Å². The molecule has 0 saturated heterocycles. The van der Waals surface area contributed by atoms with E-state index < -0.39 is 11.5 Å². The summed E-state index contributed by atoms with van der Waals surface area (Å²) in [5.74, 6) is -1.10. The van der Waals surface area contributed by atoms with Crippen molar-refractivity contribution in [3.8, 4) is 0 Å². The molecular formula is C14H13NO4. The Kier molecular flexibility index (Phi) is 3.66. The maximum absolute atomic E-state index is 11.5. The number of pyridine rings is 1. The molecule has 0 atom stereocenters. The normalized spacial score (nSPS) is 10.2. The molecular weight excluding hydrogens is 246 g/mol. The van der Waals surface area contributed by atoms with Crippen molar-refractivity contribution in [1.29, 1.82) is 0 Å². The minimum atomic E-state index is -1.10. The third-order valence-corrected chi connectivity index (χ3v) is 2.75. The molecule has 2 aromatic rings. The van der Waals surface area contributed by atoms with E-state index in [9.17, 15) is 9.59 Å². The topological polar surface area (TPSA) is 68.5 Å². The highest BCUT2D eigenvalue weighted by Crippen LogP contribution is 2.06. The van der Waals surface area contributed by atoms with E-state index >= 15 is 0 Å². The average Bonchev–Trinajstić information content (AvgIpc) is 2.39. The van der Waals surface area contributed by atoms with Crippen molar-refractivity contribution in [2.75, 3.05) is 0 Å². The van der Waals surface area contributed by atoms with E-state index in [1.807, 2.05) is 31.2 Å². The van der Waals surface area contributed by atoms with Gasteiger partial charge in [0, 0.05) is 6.07 Å². The first-order chi connectivity index (χ1) is 9.08. The van der Waals surface area contributed by atoms with E-state index in [2.05, 4.69) is 0 Å². The summed E-state index contributed by atoms with van der Waals surface area (Å²) in [6.07, 6.45) is 1.17. The van der Waals surface area contributed by atoms with Gasteiger partial charge in [-0.05, 0) is 24.1 Å². The van der Waals surface area contributed by atoms with Crippen molar-refractivity contribution in [2.24, 2.45) is 0 Å². The largest absolute Gasteiger partial charge is 0.478 e. The SMILES string of the molecule is Cc1ccccc1COn1cc(C(=O)O)ccc1=O. The number of aromatic carboxylic acids is 1. The van der Waals surface area contributed by atoms with Crippen LogP contribution in [-0.4, -0.2) is 15.8 Å². The molecule has 0 amide bonds. The zero-order chi connectivity index (χ0) is 13.8. The molecule has 0 bridgehead atoms. The number of rotatable bonds is 4. The lowest BCUT2D eigenvalue weighted by molar-refractivity contribution is 0.0674. The number of carbonyl (C=O) groups is 1. The molecule has 2 rings (SSSR count). The number of benzene rings is 1. The van der Waals surface area contributed by atoms with Crippen LogP contribution in [0.25, 0.3) is 0 Å². The molecule has 1 aromatic carbocycles. The predicted octanol–water partition coefficient (Wildman–Crippen LogP) is 1.48. The van der Waals surface area contributed by atoms with Gasteiger partial charge in [-0.15, -0.1) is 0 Å². The molecule has 98 valence electrons. The van der Waals surface area contributed by atoms with Gasteiger partial charge in [-0.25, -0.2) is 4.79 Å². The summed E-state index contributed by atoms with van der Waals surface area (Å²) in [7, 11) is 0. The number of aryl methyl sites for hydroxylation is 1. The van der Waals surface area contributed by atoms with Crippen molar-refractivity contribution in [3.63, 3.8) is 0 Å². The van der Waals surface area contributed by atoms with E-state index in [-0.39, 0.29) is 12.2 Å². The molecule has 1 aromatic heterocycles. The van der Waals surface area contributed by atoms with Gasteiger partial charge < -0.3 is 9.94 Å². The Morgan fingerprint density at radius 2 is 2.00 bits per heavy atom. The van der Waals surface area contributed by atoms with Gasteiger partial charge in [0.15, 0.2) is 0 Å². The van der Waals surface area contributed by atoms with E-state index in [1.54, 1.807) is 0 Å². The number of carboxylic acid groups (broad SMARTS) is 1. The Morgan fingerprint density at radius 3 is 2.68 bits per heavy atom. The van der Waals surface area contributed by atoms with E-state index in [1.165, 1.54) is 18.3 Å². The zero-order valence-electron chi connectivity index (χ0n) is 10.4. The second-order valence-corrected chi connectivity index (χ2v) is 4.09. The second-order valence-electron chi connectivity index (χ2n) is 4.09. The summed E-state index contributed by atoms with van der Waals surface area (Å²) in [6, 6.07) is 10.0. The molecule has 1 N–H and O–H groups in total. The molecule has 5 nitrogen and oxygen atoms in total. The fourth-order valence-electron chi connectivity index (χ4n) is 1.61. The molecule has 0 fully saturated rings. The van der Waals surface area contributed by atoms with Crippen LogP contribution in [0.4, 0.5) is 0 Å². The summed E-state index contributed by atoms with van der Waals surface area (Å²) in [6.45, 7) is 2.14. The highest BCUT2D eigenvalue weighted by atomic mass is 16.7. The Hall–Kier alpha value is -2.56. The fraction of sp³-hybridized carbons (Fsp3) is 0.143. The Labute approximate surface area is 109 Å². The smallest absolute Gasteiger partial charge is 0.337 e. The first-order valence-electron chi connectivity index (χ1n) is 5.72. The summed E-state index contributed by atoms with van der Waals surface area (Å²) in [4.78, 5) is 27.7. The van der Waals surface area contributed by atoms with Crippen LogP contribution in [-0.2, 0) is 6.61 Å². The lowest BCUT2D eigenvalue weighted by atomic mass is 10.1. The van der Waals surface area contributed by atoms with Gasteiger partial charge in [-0.3, -0.25) is 4.79 Å². The molecule has 0 unspecified atom stereocenters. The molecule has 19 heavy (non-hydrogen) atoms. The Morgan fingerprint density at radius 1 is 1.26 bits per heavy atom. The minimum Gasteiger partial charge on any atom is -0.478 e. The van der Waals surface area contributed by atoms with Crippen LogP contribution in [0.15, 0.2) is 47.4 Å². The van der Waals surface area contributed by atoms with Crippen LogP contribution < -0.4 is 10.4 Å². The summed E-state index contributed by atoms with van der Waals surface area (Å²) >= 11 is 0. The quantitative estimate of drug-likeness (QED) is 0.903. The molecule has 5 heteroatoms. The van der Waals surface area contributed by atoms with Crippen LogP contribution in [0.1, 0.15) is 21.5 Å². The highest BCUT2D eigenvalue weighted by Gasteiger charge is 2.06. The monoisotopic (exact) mass is 259 g/mol. The maximum Gasteiger partial charge on any atom is 0.337 e. The second kappa shape index (κ2) is 5.39. The van der Waals surface area contributed by atoms with Crippen LogP contribution >= 0.6 is 0 Å². The van der Waals surface area contributed by atoms with Crippen LogP contribution in [0, 0.1) is 6.92 Å². The molecule has 0 aliphatic carbocycles. The molecule has 1 heterocycles. The minimum absolute atomic E-state index is 0.00406. The van der Waals surface area contributed by atoms with Crippen molar-refractivity contribution < 1.29 is 14.7 Å².